The van der Waals surface area contributed by atoms with Gasteiger partial charge in [-0.25, -0.2) is 4.79 Å². The molecule has 2 N–H and O–H groups in total. The van der Waals surface area contributed by atoms with Gasteiger partial charge in [0.05, 0.1) is 21.6 Å². The summed E-state index contributed by atoms with van der Waals surface area (Å²) in [5, 5.41) is 7.02. The molecule has 4 rings (SSSR count). The summed E-state index contributed by atoms with van der Waals surface area (Å²) in [6, 6.07) is 25.0. The molecule has 0 aliphatic carbocycles. The van der Waals surface area contributed by atoms with E-state index in [0.717, 1.165) is 49.2 Å². The first-order valence-corrected chi connectivity index (χ1v) is 14.0. The molecule has 0 bridgehead atoms. The number of ether oxygens (including phenoxy) is 1. The van der Waals surface area contributed by atoms with Crippen LogP contribution in [0.2, 0.25) is 10.0 Å². The molecule has 0 saturated carbocycles. The number of nitrogens with zero attached hydrogens (tertiary/aromatic N) is 1. The van der Waals surface area contributed by atoms with Crippen LogP contribution >= 0.6 is 23.2 Å². The fourth-order valence-corrected chi connectivity index (χ4v) is 5.52. The van der Waals surface area contributed by atoms with Gasteiger partial charge in [-0.2, -0.15) is 0 Å². The lowest BCUT2D eigenvalue weighted by atomic mass is 9.80. The molecule has 1 fully saturated rings. The average Bonchev–Trinajstić information content (AvgIpc) is 2.94. The number of halogens is 2. The van der Waals surface area contributed by atoms with Crippen molar-refractivity contribution in [2.75, 3.05) is 19.6 Å². The molecular formula is C31H35Cl2N3O3. The molecule has 6 nitrogen and oxygen atoms in total. The molecule has 2 amide bonds. The number of rotatable bonds is 9. The summed E-state index contributed by atoms with van der Waals surface area (Å²) in [5.41, 5.74) is 2.54. The van der Waals surface area contributed by atoms with Crippen LogP contribution in [0.15, 0.2) is 78.9 Å². The molecule has 0 spiro atoms. The van der Waals surface area contributed by atoms with E-state index in [-0.39, 0.29) is 17.5 Å². The zero-order valence-corrected chi connectivity index (χ0v) is 23.8. The summed E-state index contributed by atoms with van der Waals surface area (Å²) in [6.07, 6.45) is 1.19. The Kier molecular flexibility index (Phi) is 9.89. The first-order valence-electron chi connectivity index (χ1n) is 13.3. The third-order valence-corrected chi connectivity index (χ3v) is 8.10. The Labute approximate surface area is 240 Å². The van der Waals surface area contributed by atoms with Gasteiger partial charge in [-0.05, 0) is 48.6 Å². The Morgan fingerprint density at radius 2 is 1.56 bits per heavy atom. The standard InChI is InChI=1S/C31H35Cl2N3O3/c1-22(24-9-5-3-6-10-24)34-30(38)39-29(25-13-14-27(32)28(33)21-25)15-18-36-19-16-31(17-20-36,35-23(2)37)26-11-7-4-8-12-26/h3-14,21-22,29H,15-20H2,1-2H3,(H,34,38)(H,35,37). The van der Waals surface area contributed by atoms with E-state index in [1.807, 2.05) is 61.5 Å². The molecule has 2 unspecified atom stereocenters. The highest BCUT2D eigenvalue weighted by molar-refractivity contribution is 6.42. The summed E-state index contributed by atoms with van der Waals surface area (Å²) in [7, 11) is 0. The monoisotopic (exact) mass is 567 g/mol. The second-order valence-electron chi connectivity index (χ2n) is 10.1. The van der Waals surface area contributed by atoms with Gasteiger partial charge in [-0.1, -0.05) is 89.9 Å². The van der Waals surface area contributed by atoms with Crippen LogP contribution in [0.1, 0.15) is 61.9 Å². The van der Waals surface area contributed by atoms with E-state index in [2.05, 4.69) is 27.7 Å². The highest BCUT2D eigenvalue weighted by atomic mass is 35.5. The van der Waals surface area contributed by atoms with Crippen LogP contribution in [0.3, 0.4) is 0 Å². The number of carbonyl (C=O) groups is 2. The number of piperidine rings is 1. The van der Waals surface area contributed by atoms with E-state index in [4.69, 9.17) is 27.9 Å². The minimum absolute atomic E-state index is 0.0314. The summed E-state index contributed by atoms with van der Waals surface area (Å²) < 4.78 is 5.94. The Hall–Kier alpha value is -3.06. The summed E-state index contributed by atoms with van der Waals surface area (Å²) in [6.45, 7) is 5.82. The topological polar surface area (TPSA) is 70.7 Å². The third kappa shape index (κ3) is 7.75. The van der Waals surface area contributed by atoms with Crippen molar-refractivity contribution in [2.45, 2.75) is 50.8 Å². The summed E-state index contributed by atoms with van der Waals surface area (Å²) in [4.78, 5) is 27.3. The molecule has 39 heavy (non-hydrogen) atoms. The van der Waals surface area contributed by atoms with Gasteiger partial charge >= 0.3 is 6.09 Å². The molecule has 3 aromatic rings. The van der Waals surface area contributed by atoms with E-state index in [9.17, 15) is 9.59 Å². The van der Waals surface area contributed by atoms with Crippen molar-refractivity contribution in [3.8, 4) is 0 Å². The Bertz CT molecular complexity index is 1250. The lowest BCUT2D eigenvalue weighted by molar-refractivity contribution is -0.121. The number of nitrogens with one attached hydrogen (secondary N) is 2. The number of hydrogen-bond acceptors (Lipinski definition) is 4. The van der Waals surface area contributed by atoms with Crippen molar-refractivity contribution in [1.82, 2.24) is 15.5 Å². The zero-order valence-electron chi connectivity index (χ0n) is 22.3. The highest BCUT2D eigenvalue weighted by Crippen LogP contribution is 2.34. The van der Waals surface area contributed by atoms with Gasteiger partial charge in [-0.3, -0.25) is 4.79 Å². The maximum Gasteiger partial charge on any atom is 0.408 e. The molecule has 1 saturated heterocycles. The highest BCUT2D eigenvalue weighted by Gasteiger charge is 2.37. The Morgan fingerprint density at radius 1 is 0.923 bits per heavy atom. The number of likely N-dealkylation sites (tertiary alicyclic amines) is 1. The molecule has 0 aromatic heterocycles. The van der Waals surface area contributed by atoms with Gasteiger partial charge < -0.3 is 20.3 Å². The van der Waals surface area contributed by atoms with Crippen molar-refractivity contribution in [3.63, 3.8) is 0 Å². The quantitative estimate of drug-likeness (QED) is 0.291. The predicted molar refractivity (Wildman–Crippen MR) is 156 cm³/mol. The van der Waals surface area contributed by atoms with Gasteiger partial charge in [0, 0.05) is 33.0 Å². The second-order valence-corrected chi connectivity index (χ2v) is 10.9. The summed E-state index contributed by atoms with van der Waals surface area (Å²) >= 11 is 12.5. The van der Waals surface area contributed by atoms with E-state index in [0.29, 0.717) is 16.5 Å². The number of amides is 2. The lowest BCUT2D eigenvalue weighted by Crippen LogP contribution is -2.52. The van der Waals surface area contributed by atoms with Crippen LogP contribution in [-0.4, -0.2) is 36.5 Å². The van der Waals surface area contributed by atoms with Crippen LogP contribution < -0.4 is 10.6 Å². The van der Waals surface area contributed by atoms with Crippen LogP contribution in [0.25, 0.3) is 0 Å². The molecule has 2 atom stereocenters. The van der Waals surface area contributed by atoms with Crippen LogP contribution in [0.5, 0.6) is 0 Å². The normalized spacial score (nSPS) is 16.6. The molecule has 1 aliphatic rings. The zero-order chi connectivity index (χ0) is 27.8. The first kappa shape index (κ1) is 28.9. The van der Waals surface area contributed by atoms with Gasteiger partial charge in [-0.15, -0.1) is 0 Å². The van der Waals surface area contributed by atoms with E-state index < -0.39 is 12.2 Å². The minimum atomic E-state index is -0.501. The maximum absolute atomic E-state index is 12.9. The van der Waals surface area contributed by atoms with Gasteiger partial charge in [0.15, 0.2) is 0 Å². The molecular weight excluding hydrogens is 533 g/mol. The third-order valence-electron chi connectivity index (χ3n) is 7.36. The predicted octanol–water partition coefficient (Wildman–Crippen LogP) is 7.04. The van der Waals surface area contributed by atoms with Crippen molar-refractivity contribution in [2.24, 2.45) is 0 Å². The van der Waals surface area contributed by atoms with Crippen molar-refractivity contribution in [3.05, 3.63) is 106 Å². The fraction of sp³-hybridized carbons (Fsp3) is 0.355. The van der Waals surface area contributed by atoms with Crippen molar-refractivity contribution >= 4 is 35.2 Å². The molecule has 0 radical (unpaired) electrons. The van der Waals surface area contributed by atoms with Crippen molar-refractivity contribution in [1.29, 1.82) is 0 Å². The first-order chi connectivity index (χ1) is 18.8. The fourth-order valence-electron chi connectivity index (χ4n) is 5.21. The molecule has 1 aliphatic heterocycles. The smallest absolute Gasteiger partial charge is 0.408 e. The van der Waals surface area contributed by atoms with E-state index >= 15 is 0 Å². The van der Waals surface area contributed by atoms with Gasteiger partial charge in [0.2, 0.25) is 5.91 Å². The Balaban J connectivity index is 1.42. The molecule has 1 heterocycles. The number of benzene rings is 3. The SMILES string of the molecule is CC(=O)NC1(c2ccccc2)CCN(CCC(OC(=O)NC(C)c2ccccc2)c2ccc(Cl)c(Cl)c2)CC1. The number of carbonyl (C=O) groups excluding carboxylic acids is 2. The Morgan fingerprint density at radius 3 is 2.18 bits per heavy atom. The van der Waals surface area contributed by atoms with Crippen LogP contribution in [-0.2, 0) is 15.1 Å². The van der Waals surface area contributed by atoms with Crippen molar-refractivity contribution < 1.29 is 14.3 Å². The summed E-state index contributed by atoms with van der Waals surface area (Å²) in [5.74, 6) is -0.0314. The van der Waals surface area contributed by atoms with Gasteiger partial charge in [0.25, 0.3) is 0 Å². The molecule has 3 aromatic carbocycles. The largest absolute Gasteiger partial charge is 0.441 e. The maximum atomic E-state index is 12.9. The molecule has 206 valence electrons. The minimum Gasteiger partial charge on any atom is -0.441 e. The van der Waals surface area contributed by atoms with E-state index in [1.165, 1.54) is 0 Å². The lowest BCUT2D eigenvalue weighted by Gasteiger charge is -2.43. The van der Waals surface area contributed by atoms with E-state index in [1.54, 1.807) is 19.1 Å². The van der Waals surface area contributed by atoms with Crippen LogP contribution in [0, 0.1) is 0 Å². The molecule has 8 heteroatoms. The number of alkyl carbamates (subject to hydrolysis) is 1. The number of hydrogen-bond donors (Lipinski definition) is 2. The average molecular weight is 569 g/mol. The van der Waals surface area contributed by atoms with Gasteiger partial charge in [0.1, 0.15) is 6.10 Å². The second kappa shape index (κ2) is 13.3. The van der Waals surface area contributed by atoms with Crippen LogP contribution in [0.4, 0.5) is 4.79 Å².